The number of hydrogen-bond donors (Lipinski definition) is 1. The molecule has 0 unspecified atom stereocenters. The molecule has 1 N–H and O–H groups in total. The van der Waals surface area contributed by atoms with Gasteiger partial charge in [0.25, 0.3) is 5.91 Å². The second-order valence-electron chi connectivity index (χ2n) is 11.6. The fourth-order valence-electron chi connectivity index (χ4n) is 6.48. The van der Waals surface area contributed by atoms with Crippen LogP contribution in [0.1, 0.15) is 47.2 Å². The summed E-state index contributed by atoms with van der Waals surface area (Å²) in [6.45, 7) is 7.23. The van der Waals surface area contributed by atoms with E-state index in [4.69, 9.17) is 4.74 Å². The Balaban J connectivity index is 1.27. The van der Waals surface area contributed by atoms with Gasteiger partial charge in [-0.1, -0.05) is 0 Å². The molecule has 202 valence electrons. The van der Waals surface area contributed by atoms with Gasteiger partial charge in [-0.2, -0.15) is 0 Å². The molecule has 38 heavy (non-hydrogen) atoms. The van der Waals surface area contributed by atoms with Crippen molar-refractivity contribution in [2.45, 2.75) is 51.2 Å². The zero-order valence-corrected chi connectivity index (χ0v) is 22.3. The number of carbonyl (C=O) groups excluding carboxylic acids is 1. The summed E-state index contributed by atoms with van der Waals surface area (Å²) in [5.41, 5.74) is 4.26. The number of pyridine rings is 1. The molecule has 0 atom stereocenters. The first-order chi connectivity index (χ1) is 18.4. The van der Waals surface area contributed by atoms with Crippen LogP contribution < -0.4 is 0 Å². The summed E-state index contributed by atoms with van der Waals surface area (Å²) in [7, 11) is 1.74. The van der Waals surface area contributed by atoms with Gasteiger partial charge >= 0.3 is 0 Å². The van der Waals surface area contributed by atoms with E-state index in [0.717, 1.165) is 69.1 Å². The minimum Gasteiger partial charge on any atom is -0.393 e. The minimum absolute atomic E-state index is 0.0304. The standard InChI is InChI=1S/C30H37FN4O3/c1-19-13-32-14-28-29(19)22(9-21-16-34(17-21)15-20-5-7-38-8-6-20)18-35(28)27-4-3-23(31)10-26(27)30(37)33(2)24-11-25(36)12-24/h3-4,10,13-14,18,20-21,24-25,36H,5-9,11-12,15-17H2,1-2H3/t24-,25+. The second-order valence-corrected chi connectivity index (χ2v) is 11.6. The smallest absolute Gasteiger partial charge is 0.256 e. The lowest BCUT2D eigenvalue weighted by Crippen LogP contribution is -2.49. The van der Waals surface area contributed by atoms with Gasteiger partial charge in [0, 0.05) is 63.7 Å². The van der Waals surface area contributed by atoms with Crippen LogP contribution in [0.2, 0.25) is 0 Å². The molecule has 8 heteroatoms. The number of rotatable bonds is 7. The Hall–Kier alpha value is -2.81. The molecule has 0 bridgehead atoms. The summed E-state index contributed by atoms with van der Waals surface area (Å²) in [6.07, 6.45) is 9.88. The maximum absolute atomic E-state index is 14.4. The largest absolute Gasteiger partial charge is 0.393 e. The molecule has 3 aromatic rings. The summed E-state index contributed by atoms with van der Waals surface area (Å²) in [6, 6.07) is 4.40. The molecule has 2 saturated heterocycles. The average Bonchev–Trinajstić information content (AvgIpc) is 3.24. The van der Waals surface area contributed by atoms with Gasteiger partial charge in [-0.05, 0) is 80.2 Å². The Morgan fingerprint density at radius 3 is 2.68 bits per heavy atom. The molecule has 1 aromatic carbocycles. The Bertz CT molecular complexity index is 1320. The van der Waals surface area contributed by atoms with E-state index >= 15 is 0 Å². The maximum atomic E-state index is 14.4. The normalized spacial score (nSPS) is 22.8. The Morgan fingerprint density at radius 1 is 1.18 bits per heavy atom. The van der Waals surface area contributed by atoms with Crippen molar-refractivity contribution < 1.29 is 19.0 Å². The highest BCUT2D eigenvalue weighted by Crippen LogP contribution is 2.34. The second kappa shape index (κ2) is 10.4. The molecule has 2 aromatic heterocycles. The Morgan fingerprint density at radius 2 is 1.95 bits per heavy atom. The molecule has 3 fully saturated rings. The van der Waals surface area contributed by atoms with Crippen LogP contribution in [-0.2, 0) is 11.2 Å². The summed E-state index contributed by atoms with van der Waals surface area (Å²) in [5, 5.41) is 10.9. The highest BCUT2D eigenvalue weighted by Gasteiger charge is 2.34. The lowest BCUT2D eigenvalue weighted by Gasteiger charge is -2.42. The number of halogens is 1. The monoisotopic (exact) mass is 520 g/mol. The molecule has 4 heterocycles. The fraction of sp³-hybridized carbons (Fsp3) is 0.533. The van der Waals surface area contributed by atoms with E-state index in [1.165, 1.54) is 23.1 Å². The number of carbonyl (C=O) groups is 1. The SMILES string of the molecule is Cc1cncc2c1c(CC1CN(CC3CCOCC3)C1)cn2-c1ccc(F)cc1C(=O)N(C)[C@H]1C[C@@H](O)C1. The van der Waals surface area contributed by atoms with E-state index in [1.807, 2.05) is 17.0 Å². The van der Waals surface area contributed by atoms with Crippen LogP contribution in [-0.4, -0.2) is 82.4 Å². The van der Waals surface area contributed by atoms with Crippen molar-refractivity contribution in [2.75, 3.05) is 39.9 Å². The minimum atomic E-state index is -0.441. The van der Waals surface area contributed by atoms with Crippen molar-refractivity contribution in [3.05, 3.63) is 59.3 Å². The summed E-state index contributed by atoms with van der Waals surface area (Å²) < 4.78 is 21.9. The van der Waals surface area contributed by atoms with Crippen LogP contribution >= 0.6 is 0 Å². The van der Waals surface area contributed by atoms with Crippen molar-refractivity contribution in [1.82, 2.24) is 19.4 Å². The number of aliphatic hydroxyl groups excluding tert-OH is 1. The van der Waals surface area contributed by atoms with E-state index in [0.29, 0.717) is 30.0 Å². The third-order valence-corrected chi connectivity index (χ3v) is 8.78. The molecule has 6 rings (SSSR count). The predicted octanol–water partition coefficient (Wildman–Crippen LogP) is 3.97. The average molecular weight is 521 g/mol. The highest BCUT2D eigenvalue weighted by molar-refractivity contribution is 5.99. The quantitative estimate of drug-likeness (QED) is 0.511. The molecular formula is C30H37FN4O3. The van der Waals surface area contributed by atoms with Gasteiger partial charge in [0.2, 0.25) is 0 Å². The number of nitrogens with zero attached hydrogens (tertiary/aromatic N) is 4. The summed E-state index contributed by atoms with van der Waals surface area (Å²) in [4.78, 5) is 22.2. The van der Waals surface area contributed by atoms with Gasteiger partial charge in [-0.15, -0.1) is 0 Å². The number of amides is 1. The molecule has 1 amide bonds. The third kappa shape index (κ3) is 4.85. The van der Waals surface area contributed by atoms with Crippen LogP contribution in [0.25, 0.3) is 16.6 Å². The number of aromatic nitrogens is 2. The zero-order valence-electron chi connectivity index (χ0n) is 22.3. The lowest BCUT2D eigenvalue weighted by molar-refractivity contribution is 0.0132. The van der Waals surface area contributed by atoms with Crippen LogP contribution in [0.15, 0.2) is 36.8 Å². The number of fused-ring (bicyclic) bond motifs is 1. The first-order valence-electron chi connectivity index (χ1n) is 13.9. The summed E-state index contributed by atoms with van der Waals surface area (Å²) in [5.74, 6) is 0.662. The predicted molar refractivity (Wildman–Crippen MR) is 144 cm³/mol. The van der Waals surface area contributed by atoms with Crippen molar-refractivity contribution in [2.24, 2.45) is 11.8 Å². The van der Waals surface area contributed by atoms with Crippen molar-refractivity contribution in [1.29, 1.82) is 0 Å². The van der Waals surface area contributed by atoms with Gasteiger partial charge in [0.05, 0.1) is 29.1 Å². The summed E-state index contributed by atoms with van der Waals surface area (Å²) >= 11 is 0. The van der Waals surface area contributed by atoms with Gasteiger partial charge in [-0.25, -0.2) is 4.39 Å². The number of aryl methyl sites for hydroxylation is 1. The zero-order chi connectivity index (χ0) is 26.4. The highest BCUT2D eigenvalue weighted by atomic mass is 19.1. The number of aliphatic hydroxyl groups is 1. The number of hydrogen-bond acceptors (Lipinski definition) is 5. The van der Waals surface area contributed by atoms with Crippen LogP contribution in [0.3, 0.4) is 0 Å². The molecule has 1 saturated carbocycles. The Labute approximate surface area is 223 Å². The molecule has 0 spiro atoms. The third-order valence-electron chi connectivity index (χ3n) is 8.78. The van der Waals surface area contributed by atoms with E-state index in [2.05, 4.69) is 23.0 Å². The maximum Gasteiger partial charge on any atom is 0.256 e. The molecule has 2 aliphatic heterocycles. The molecule has 7 nitrogen and oxygen atoms in total. The van der Waals surface area contributed by atoms with Gasteiger partial charge in [0.15, 0.2) is 0 Å². The number of benzene rings is 1. The molecule has 0 radical (unpaired) electrons. The van der Waals surface area contributed by atoms with Crippen LogP contribution in [0.5, 0.6) is 0 Å². The fourth-order valence-corrected chi connectivity index (χ4v) is 6.48. The molecule has 1 aliphatic carbocycles. The first kappa shape index (κ1) is 25.5. The molecule has 3 aliphatic rings. The van der Waals surface area contributed by atoms with E-state index in [9.17, 15) is 14.3 Å². The lowest BCUT2D eigenvalue weighted by atomic mass is 9.88. The van der Waals surface area contributed by atoms with E-state index in [1.54, 1.807) is 18.0 Å². The van der Waals surface area contributed by atoms with Gasteiger partial charge < -0.3 is 24.2 Å². The number of ether oxygens (including phenoxy) is 1. The van der Waals surface area contributed by atoms with Gasteiger partial charge in [0.1, 0.15) is 5.82 Å². The van der Waals surface area contributed by atoms with Crippen molar-refractivity contribution in [3.63, 3.8) is 0 Å². The van der Waals surface area contributed by atoms with E-state index < -0.39 is 5.82 Å². The van der Waals surface area contributed by atoms with Crippen LogP contribution in [0.4, 0.5) is 4.39 Å². The first-order valence-corrected chi connectivity index (χ1v) is 13.9. The topological polar surface area (TPSA) is 70.8 Å². The van der Waals surface area contributed by atoms with Crippen molar-refractivity contribution >= 4 is 16.8 Å². The van der Waals surface area contributed by atoms with E-state index in [-0.39, 0.29) is 18.1 Å². The van der Waals surface area contributed by atoms with Gasteiger partial charge in [-0.3, -0.25) is 9.78 Å². The van der Waals surface area contributed by atoms with Crippen molar-refractivity contribution in [3.8, 4) is 5.69 Å². The molecular weight excluding hydrogens is 483 g/mol. The van der Waals surface area contributed by atoms with Crippen LogP contribution in [0, 0.1) is 24.6 Å². The number of likely N-dealkylation sites (tertiary alicyclic amines) is 1. The Kier molecular flexibility index (Phi) is 6.97.